The molecule has 0 saturated carbocycles. The molecule has 0 aliphatic heterocycles. The number of carboxylic acid groups (broad SMARTS) is 1. The van der Waals surface area contributed by atoms with E-state index in [0.717, 1.165) is 5.56 Å². The van der Waals surface area contributed by atoms with Crippen LogP contribution in [0.3, 0.4) is 0 Å². The van der Waals surface area contributed by atoms with Gasteiger partial charge in [0.05, 0.1) is 5.56 Å². The van der Waals surface area contributed by atoms with Crippen LogP contribution in [0.5, 0.6) is 0 Å². The van der Waals surface area contributed by atoms with Gasteiger partial charge in [0.15, 0.2) is 0 Å². The third-order valence-corrected chi connectivity index (χ3v) is 1.68. The fourth-order valence-electron chi connectivity index (χ4n) is 0.929. The van der Waals surface area contributed by atoms with Crippen LogP contribution in [0, 0.1) is 0 Å². The fraction of sp³-hybridized carbons (Fsp3) is 0.300. The van der Waals surface area contributed by atoms with E-state index in [1.54, 1.807) is 24.3 Å². The monoisotopic (exact) mass is 215 g/mol. The van der Waals surface area contributed by atoms with Gasteiger partial charge in [-0.2, -0.15) is 0 Å². The standard InChI is InChI=1S/C9H11NO2.CH3Cl/c1-6(10)7-2-4-8(5-3-7)9(11)12;1-2/h2-6H,10H2,1H3,(H,11,12);1H3/t6-;/m0./s1. The van der Waals surface area contributed by atoms with Crippen LogP contribution >= 0.6 is 11.6 Å². The van der Waals surface area contributed by atoms with Crippen LogP contribution in [0.2, 0.25) is 0 Å². The number of alkyl halides is 1. The number of hydrogen-bond donors (Lipinski definition) is 2. The summed E-state index contributed by atoms with van der Waals surface area (Å²) < 4.78 is 0. The quantitative estimate of drug-likeness (QED) is 0.744. The van der Waals surface area contributed by atoms with Gasteiger partial charge in [-0.1, -0.05) is 12.1 Å². The minimum atomic E-state index is -0.911. The normalized spacial score (nSPS) is 11.1. The number of benzene rings is 1. The highest BCUT2D eigenvalue weighted by Gasteiger charge is 2.02. The van der Waals surface area contributed by atoms with Crippen molar-refractivity contribution in [2.75, 3.05) is 6.38 Å². The molecule has 14 heavy (non-hydrogen) atoms. The van der Waals surface area contributed by atoms with E-state index in [-0.39, 0.29) is 6.04 Å². The molecule has 0 unspecified atom stereocenters. The molecule has 0 amide bonds. The minimum Gasteiger partial charge on any atom is -0.478 e. The molecule has 0 aliphatic rings. The van der Waals surface area contributed by atoms with Crippen molar-refractivity contribution in [2.45, 2.75) is 13.0 Å². The molecule has 0 heterocycles. The Hall–Kier alpha value is -1.06. The lowest BCUT2D eigenvalue weighted by Gasteiger charge is -2.04. The van der Waals surface area contributed by atoms with Gasteiger partial charge >= 0.3 is 5.97 Å². The largest absolute Gasteiger partial charge is 0.478 e. The summed E-state index contributed by atoms with van der Waals surface area (Å²) in [4.78, 5) is 10.5. The van der Waals surface area contributed by atoms with Gasteiger partial charge in [0.1, 0.15) is 0 Å². The van der Waals surface area contributed by atoms with Crippen molar-refractivity contribution in [3.63, 3.8) is 0 Å². The number of aromatic carboxylic acids is 1. The molecule has 78 valence electrons. The minimum absolute atomic E-state index is 0.0483. The maximum atomic E-state index is 10.5. The SMILES string of the molecule is CCl.C[C@H](N)c1ccc(C(=O)O)cc1. The first-order valence-corrected chi connectivity index (χ1v) is 4.83. The molecule has 1 aromatic carbocycles. The fourth-order valence-corrected chi connectivity index (χ4v) is 0.929. The predicted octanol–water partition coefficient (Wildman–Crippen LogP) is 2.26. The van der Waals surface area contributed by atoms with Crippen LogP contribution in [0.1, 0.15) is 28.9 Å². The highest BCUT2D eigenvalue weighted by atomic mass is 35.5. The van der Waals surface area contributed by atoms with Gasteiger partial charge in [-0.15, -0.1) is 11.6 Å². The lowest BCUT2D eigenvalue weighted by Crippen LogP contribution is -2.05. The van der Waals surface area contributed by atoms with E-state index in [1.807, 2.05) is 6.92 Å². The van der Waals surface area contributed by atoms with Gasteiger partial charge in [0.25, 0.3) is 0 Å². The Morgan fingerprint density at radius 3 is 2.07 bits per heavy atom. The van der Waals surface area contributed by atoms with Gasteiger partial charge in [0, 0.05) is 12.4 Å². The maximum absolute atomic E-state index is 10.5. The van der Waals surface area contributed by atoms with Crippen molar-refractivity contribution in [1.82, 2.24) is 0 Å². The van der Waals surface area contributed by atoms with E-state index >= 15 is 0 Å². The van der Waals surface area contributed by atoms with Crippen LogP contribution in [-0.4, -0.2) is 17.5 Å². The average molecular weight is 216 g/mol. The van der Waals surface area contributed by atoms with Crippen molar-refractivity contribution in [3.8, 4) is 0 Å². The second-order valence-electron chi connectivity index (χ2n) is 2.72. The van der Waals surface area contributed by atoms with Crippen molar-refractivity contribution >= 4 is 17.6 Å². The van der Waals surface area contributed by atoms with Crippen LogP contribution in [0.4, 0.5) is 0 Å². The second-order valence-corrected chi connectivity index (χ2v) is 2.72. The lowest BCUT2D eigenvalue weighted by molar-refractivity contribution is 0.0697. The Morgan fingerprint density at radius 2 is 1.79 bits per heavy atom. The third kappa shape index (κ3) is 3.77. The lowest BCUT2D eigenvalue weighted by atomic mass is 10.1. The molecule has 3 nitrogen and oxygen atoms in total. The smallest absolute Gasteiger partial charge is 0.335 e. The van der Waals surface area contributed by atoms with Crippen molar-refractivity contribution in [3.05, 3.63) is 35.4 Å². The number of halogens is 1. The number of carbonyl (C=O) groups is 1. The Bertz CT molecular complexity index is 283. The van der Waals surface area contributed by atoms with Crippen molar-refractivity contribution in [1.29, 1.82) is 0 Å². The first-order valence-electron chi connectivity index (χ1n) is 4.08. The van der Waals surface area contributed by atoms with Gasteiger partial charge in [-0.25, -0.2) is 4.79 Å². The molecule has 0 spiro atoms. The Balaban J connectivity index is 0.000000791. The highest BCUT2D eigenvalue weighted by Crippen LogP contribution is 2.10. The molecule has 0 bridgehead atoms. The van der Waals surface area contributed by atoms with Crippen LogP contribution in [0.25, 0.3) is 0 Å². The molecule has 0 aromatic heterocycles. The summed E-state index contributed by atoms with van der Waals surface area (Å²) >= 11 is 4.64. The molecule has 1 aromatic rings. The highest BCUT2D eigenvalue weighted by molar-refractivity contribution is 6.15. The van der Waals surface area contributed by atoms with Gasteiger partial charge in [0.2, 0.25) is 0 Å². The van der Waals surface area contributed by atoms with Gasteiger partial charge in [-0.3, -0.25) is 0 Å². The van der Waals surface area contributed by atoms with E-state index in [1.165, 1.54) is 6.38 Å². The van der Waals surface area contributed by atoms with Crippen LogP contribution < -0.4 is 5.73 Å². The molecule has 0 saturated heterocycles. The summed E-state index contributed by atoms with van der Waals surface area (Å²) in [5.74, 6) is -0.911. The Labute approximate surface area is 88.5 Å². The topological polar surface area (TPSA) is 63.3 Å². The Kier molecular flexibility index (Phi) is 5.92. The third-order valence-electron chi connectivity index (χ3n) is 1.68. The molecule has 1 rings (SSSR count). The van der Waals surface area contributed by atoms with Crippen LogP contribution in [0.15, 0.2) is 24.3 Å². The molecular formula is C10H14ClNO2. The zero-order valence-electron chi connectivity index (χ0n) is 8.20. The summed E-state index contributed by atoms with van der Waals surface area (Å²) in [5, 5.41) is 8.58. The molecular weight excluding hydrogens is 202 g/mol. The number of hydrogen-bond acceptors (Lipinski definition) is 2. The van der Waals surface area contributed by atoms with E-state index in [2.05, 4.69) is 11.6 Å². The van der Waals surface area contributed by atoms with Crippen molar-refractivity contribution < 1.29 is 9.90 Å². The molecule has 4 heteroatoms. The first kappa shape index (κ1) is 12.9. The maximum Gasteiger partial charge on any atom is 0.335 e. The molecule has 3 N–H and O–H groups in total. The zero-order chi connectivity index (χ0) is 11.1. The van der Waals surface area contributed by atoms with E-state index < -0.39 is 5.97 Å². The Morgan fingerprint density at radius 1 is 1.36 bits per heavy atom. The van der Waals surface area contributed by atoms with Gasteiger partial charge in [-0.05, 0) is 24.6 Å². The molecule has 0 aliphatic carbocycles. The average Bonchev–Trinajstić information content (AvgIpc) is 2.21. The van der Waals surface area contributed by atoms with E-state index in [4.69, 9.17) is 10.8 Å². The van der Waals surface area contributed by atoms with Gasteiger partial charge < -0.3 is 10.8 Å². The van der Waals surface area contributed by atoms with Crippen LogP contribution in [-0.2, 0) is 0 Å². The summed E-state index contributed by atoms with van der Waals surface area (Å²) in [6, 6.07) is 6.53. The molecule has 1 atom stereocenters. The molecule has 0 radical (unpaired) electrons. The zero-order valence-corrected chi connectivity index (χ0v) is 8.95. The van der Waals surface area contributed by atoms with E-state index in [9.17, 15) is 4.79 Å². The number of rotatable bonds is 2. The van der Waals surface area contributed by atoms with E-state index in [0.29, 0.717) is 5.56 Å². The predicted molar refractivity (Wildman–Crippen MR) is 57.8 cm³/mol. The summed E-state index contributed by atoms with van der Waals surface area (Å²) in [7, 11) is 0. The first-order chi connectivity index (χ1) is 6.61. The second kappa shape index (κ2) is 6.40. The number of nitrogens with two attached hydrogens (primary N) is 1. The summed E-state index contributed by atoms with van der Waals surface area (Å²) in [5.41, 5.74) is 6.83. The summed E-state index contributed by atoms with van der Waals surface area (Å²) in [6.45, 7) is 1.86. The van der Waals surface area contributed by atoms with Crippen molar-refractivity contribution in [2.24, 2.45) is 5.73 Å². The molecule has 0 fully saturated rings. The summed E-state index contributed by atoms with van der Waals surface area (Å²) in [6.07, 6.45) is 1.47. The number of carboxylic acids is 1.